The summed E-state index contributed by atoms with van der Waals surface area (Å²) in [4.78, 5) is 48.5. The van der Waals surface area contributed by atoms with Crippen LogP contribution < -0.4 is 0 Å². The Morgan fingerprint density at radius 2 is 1.88 bits per heavy atom. The highest BCUT2D eigenvalue weighted by Crippen LogP contribution is 2.25. The van der Waals surface area contributed by atoms with Crippen LogP contribution in [0.2, 0.25) is 0 Å². The first-order chi connectivity index (χ1) is 7.20. The third-order valence-electron chi connectivity index (χ3n) is 1.12. The summed E-state index contributed by atoms with van der Waals surface area (Å²) in [6.07, 6.45) is 2.82. The van der Waals surface area contributed by atoms with Crippen LogP contribution in [-0.4, -0.2) is 41.5 Å². The van der Waals surface area contributed by atoms with Gasteiger partial charge in [-0.3, -0.25) is 4.79 Å². The van der Waals surface area contributed by atoms with Crippen LogP contribution >= 0.6 is 7.82 Å². The fourth-order valence-corrected chi connectivity index (χ4v) is 0.622. The molecule has 0 aliphatic carbocycles. The van der Waals surface area contributed by atoms with Crippen molar-refractivity contribution in [3.05, 3.63) is 18.2 Å². The van der Waals surface area contributed by atoms with Crippen molar-refractivity contribution in [3.63, 3.8) is 0 Å². The Hall–Kier alpha value is -1.54. The number of carbonyl (C=O) groups excluding carboxylic acids is 1. The Balaban J connectivity index is 0.000000385. The van der Waals surface area contributed by atoms with Gasteiger partial charge in [-0.05, 0) is 0 Å². The first-order valence-corrected chi connectivity index (χ1v) is 5.29. The van der Waals surface area contributed by atoms with E-state index in [9.17, 15) is 9.59 Å². The molecule has 1 aromatic rings. The molecule has 0 spiro atoms. The molecule has 0 fully saturated rings. The van der Waals surface area contributed by atoms with E-state index in [-0.39, 0.29) is 6.42 Å². The molecule has 90 valence electrons. The predicted molar refractivity (Wildman–Crippen MR) is 49.2 cm³/mol. The number of carboxylic acids is 1. The first-order valence-electron chi connectivity index (χ1n) is 3.73. The van der Waals surface area contributed by atoms with E-state index in [0.29, 0.717) is 5.82 Å². The zero-order valence-electron chi connectivity index (χ0n) is 7.77. The summed E-state index contributed by atoms with van der Waals surface area (Å²) in [6, 6.07) is 0. The predicted octanol–water partition coefficient (Wildman–Crippen LogP) is -1.32. The zero-order chi connectivity index (χ0) is 12.8. The van der Waals surface area contributed by atoms with E-state index in [2.05, 4.69) is 9.97 Å². The molecule has 9 nitrogen and oxygen atoms in total. The minimum Gasteiger partial charge on any atom is -0.475 e. The summed E-state index contributed by atoms with van der Waals surface area (Å²) in [5, 5.41) is 8.19. The number of rotatable bonds is 3. The summed E-state index contributed by atoms with van der Waals surface area (Å²) < 4.78 is 8.88. The van der Waals surface area contributed by atoms with Crippen LogP contribution in [0.3, 0.4) is 0 Å². The molecule has 0 aromatic carbocycles. The molecule has 0 aliphatic heterocycles. The second-order valence-corrected chi connectivity index (χ2v) is 3.48. The molecule has 0 atom stereocenters. The lowest BCUT2D eigenvalue weighted by Gasteiger charge is -1.89. The van der Waals surface area contributed by atoms with E-state index in [1.54, 1.807) is 0 Å². The number of hydrogen-bond donors (Lipinski definition) is 5. The molecule has 0 saturated carbocycles. The van der Waals surface area contributed by atoms with Gasteiger partial charge in [0.2, 0.25) is 5.78 Å². The summed E-state index contributed by atoms with van der Waals surface area (Å²) >= 11 is 0. The van der Waals surface area contributed by atoms with Crippen LogP contribution in [0, 0.1) is 0 Å². The topological polar surface area (TPSA) is 161 Å². The number of phosphoric acid groups is 1. The molecule has 0 aliphatic rings. The highest BCUT2D eigenvalue weighted by Gasteiger charge is 2.12. The molecule has 1 rings (SSSR count). The maximum Gasteiger partial charge on any atom is 0.466 e. The van der Waals surface area contributed by atoms with Gasteiger partial charge in [-0.1, -0.05) is 0 Å². The van der Waals surface area contributed by atoms with Gasteiger partial charge in [0.25, 0.3) is 0 Å². The van der Waals surface area contributed by atoms with Crippen molar-refractivity contribution in [1.29, 1.82) is 0 Å². The van der Waals surface area contributed by atoms with Crippen molar-refractivity contribution in [2.75, 3.05) is 0 Å². The van der Waals surface area contributed by atoms with Crippen molar-refractivity contribution < 1.29 is 33.9 Å². The molecule has 16 heavy (non-hydrogen) atoms. The lowest BCUT2D eigenvalue weighted by Crippen LogP contribution is -2.15. The molecule has 0 amide bonds. The molecular formula is C6H9N2O7P. The molecule has 10 heteroatoms. The molecule has 1 aromatic heterocycles. The van der Waals surface area contributed by atoms with Crippen molar-refractivity contribution in [2.45, 2.75) is 6.42 Å². The average molecular weight is 252 g/mol. The minimum absolute atomic E-state index is 0.178. The van der Waals surface area contributed by atoms with E-state index in [4.69, 9.17) is 24.4 Å². The number of carbonyl (C=O) groups is 2. The number of nitrogens with zero attached hydrogens (tertiary/aromatic N) is 1. The molecule has 0 radical (unpaired) electrons. The van der Waals surface area contributed by atoms with E-state index < -0.39 is 19.6 Å². The van der Waals surface area contributed by atoms with E-state index >= 15 is 0 Å². The van der Waals surface area contributed by atoms with Crippen LogP contribution in [0.5, 0.6) is 0 Å². The Kier molecular flexibility index (Phi) is 5.54. The SMILES string of the molecule is O=C(O)C(=O)Cc1ncc[nH]1.O=P(O)(O)O. The third-order valence-corrected chi connectivity index (χ3v) is 1.12. The Morgan fingerprint density at radius 1 is 1.38 bits per heavy atom. The number of carboxylic acid groups (broad SMARTS) is 1. The van der Waals surface area contributed by atoms with E-state index in [1.807, 2.05) is 0 Å². The van der Waals surface area contributed by atoms with Crippen molar-refractivity contribution in [2.24, 2.45) is 0 Å². The monoisotopic (exact) mass is 252 g/mol. The zero-order valence-corrected chi connectivity index (χ0v) is 8.66. The standard InChI is InChI=1S/C6H6N2O3.H3O4P/c9-4(6(10)11)3-5-7-1-2-8-5;1-5(2,3)4/h1-2H,3H2,(H,7,8)(H,10,11);(H3,1,2,3,4). The van der Waals surface area contributed by atoms with Gasteiger partial charge in [0, 0.05) is 12.4 Å². The van der Waals surface area contributed by atoms with Crippen molar-refractivity contribution >= 4 is 19.6 Å². The molecule has 0 unspecified atom stereocenters. The van der Waals surface area contributed by atoms with Crippen LogP contribution in [0.1, 0.15) is 5.82 Å². The highest BCUT2D eigenvalue weighted by atomic mass is 31.2. The van der Waals surface area contributed by atoms with Gasteiger partial charge in [-0.2, -0.15) is 0 Å². The van der Waals surface area contributed by atoms with Gasteiger partial charge in [0.15, 0.2) is 0 Å². The Labute approximate surface area is 89.0 Å². The first kappa shape index (κ1) is 14.5. The minimum atomic E-state index is -4.64. The normalized spacial score (nSPS) is 10.2. The van der Waals surface area contributed by atoms with Crippen molar-refractivity contribution in [1.82, 2.24) is 9.97 Å². The summed E-state index contributed by atoms with van der Waals surface area (Å²) in [6.45, 7) is 0. The van der Waals surface area contributed by atoms with Gasteiger partial charge < -0.3 is 24.8 Å². The van der Waals surface area contributed by atoms with Crippen LogP contribution in [0.15, 0.2) is 12.4 Å². The number of aromatic nitrogens is 2. The van der Waals surface area contributed by atoms with Crippen molar-refractivity contribution in [3.8, 4) is 0 Å². The fourth-order valence-electron chi connectivity index (χ4n) is 0.622. The maximum absolute atomic E-state index is 10.6. The van der Waals surface area contributed by atoms with Crippen LogP contribution in [0.4, 0.5) is 0 Å². The molecule has 0 bridgehead atoms. The third kappa shape index (κ3) is 9.03. The smallest absolute Gasteiger partial charge is 0.466 e. The summed E-state index contributed by atoms with van der Waals surface area (Å²) in [5.74, 6) is -1.92. The molecule has 0 saturated heterocycles. The van der Waals surface area contributed by atoms with E-state index in [1.165, 1.54) is 12.4 Å². The van der Waals surface area contributed by atoms with Crippen LogP contribution in [0.25, 0.3) is 0 Å². The number of H-pyrrole nitrogens is 1. The number of nitrogens with one attached hydrogen (secondary N) is 1. The lowest BCUT2D eigenvalue weighted by molar-refractivity contribution is -0.148. The fraction of sp³-hybridized carbons (Fsp3) is 0.167. The molecule has 5 N–H and O–H groups in total. The highest BCUT2D eigenvalue weighted by molar-refractivity contribution is 7.45. The number of aromatic amines is 1. The van der Waals surface area contributed by atoms with Gasteiger partial charge >= 0.3 is 13.8 Å². The number of ketones is 1. The van der Waals surface area contributed by atoms with Gasteiger partial charge in [0.05, 0.1) is 6.42 Å². The largest absolute Gasteiger partial charge is 0.475 e. The Bertz CT molecular complexity index is 387. The molecule has 1 heterocycles. The average Bonchev–Trinajstić information content (AvgIpc) is 2.53. The number of Topliss-reactive ketones (excluding diaryl/α,β-unsaturated/α-hetero) is 1. The summed E-state index contributed by atoms with van der Waals surface area (Å²) in [7, 11) is -4.64. The maximum atomic E-state index is 10.6. The van der Waals surface area contributed by atoms with Gasteiger partial charge in [0.1, 0.15) is 5.82 Å². The number of aliphatic carboxylic acids is 1. The van der Waals surface area contributed by atoms with Gasteiger partial charge in [-0.25, -0.2) is 14.3 Å². The number of imidazole rings is 1. The quantitative estimate of drug-likeness (QED) is 0.326. The van der Waals surface area contributed by atoms with Gasteiger partial charge in [-0.15, -0.1) is 0 Å². The Morgan fingerprint density at radius 3 is 2.19 bits per heavy atom. The summed E-state index contributed by atoms with van der Waals surface area (Å²) in [5.41, 5.74) is 0. The second kappa shape index (κ2) is 6.13. The second-order valence-electron chi connectivity index (χ2n) is 2.45. The van der Waals surface area contributed by atoms with Crippen LogP contribution in [-0.2, 0) is 20.6 Å². The van der Waals surface area contributed by atoms with E-state index in [0.717, 1.165) is 0 Å². The lowest BCUT2D eigenvalue weighted by atomic mass is 10.3. The number of hydrogen-bond acceptors (Lipinski definition) is 4. The molecular weight excluding hydrogens is 243 g/mol.